The van der Waals surface area contributed by atoms with E-state index in [0.717, 1.165) is 35.2 Å². The Balaban J connectivity index is 1.40. The minimum atomic E-state index is -0.0535. The van der Waals surface area contributed by atoms with E-state index in [1.54, 1.807) is 25.3 Å². The van der Waals surface area contributed by atoms with Gasteiger partial charge >= 0.3 is 0 Å². The van der Waals surface area contributed by atoms with Crippen molar-refractivity contribution in [2.24, 2.45) is 0 Å². The highest BCUT2D eigenvalue weighted by Gasteiger charge is 2.23. The number of carbonyl (C=O) groups excluding carboxylic acids is 1. The maximum absolute atomic E-state index is 12.9. The second kappa shape index (κ2) is 9.85. The first kappa shape index (κ1) is 21.9. The minimum Gasteiger partial charge on any atom is -0.497 e. The molecule has 6 nitrogen and oxygen atoms in total. The first-order chi connectivity index (χ1) is 15.0. The summed E-state index contributed by atoms with van der Waals surface area (Å²) in [6, 6.07) is 12.9. The zero-order valence-electron chi connectivity index (χ0n) is 17.1. The Labute approximate surface area is 195 Å². The number of hydrogen-bond acceptors (Lipinski definition) is 6. The number of nitrogens with zero attached hydrogens (tertiary/aromatic N) is 4. The molecule has 0 unspecified atom stereocenters. The monoisotopic (exact) mass is 476 g/mol. The molecule has 2 aromatic carbocycles. The van der Waals surface area contributed by atoms with E-state index in [-0.39, 0.29) is 5.91 Å². The lowest BCUT2D eigenvalue weighted by Crippen LogP contribution is -2.35. The number of carbonyl (C=O) groups is 1. The van der Waals surface area contributed by atoms with E-state index >= 15 is 0 Å². The van der Waals surface area contributed by atoms with Gasteiger partial charge in [0.05, 0.1) is 7.11 Å². The number of hydrogen-bond donors (Lipinski definition) is 0. The molecule has 1 saturated heterocycles. The van der Waals surface area contributed by atoms with Crippen LogP contribution in [0.3, 0.4) is 0 Å². The summed E-state index contributed by atoms with van der Waals surface area (Å²) in [6.07, 6.45) is 1.51. The van der Waals surface area contributed by atoms with E-state index in [0.29, 0.717) is 41.7 Å². The highest BCUT2D eigenvalue weighted by molar-refractivity contribution is 7.09. The number of benzene rings is 2. The summed E-state index contributed by atoms with van der Waals surface area (Å²) >= 11 is 13.5. The number of aromatic nitrogens is 2. The third-order valence-corrected chi connectivity index (χ3v) is 6.37. The summed E-state index contributed by atoms with van der Waals surface area (Å²) < 4.78 is 9.82. The predicted molar refractivity (Wildman–Crippen MR) is 125 cm³/mol. The third-order valence-electron chi connectivity index (χ3n) is 5.12. The summed E-state index contributed by atoms with van der Waals surface area (Å²) in [5.74, 6) is 1.56. The van der Waals surface area contributed by atoms with Crippen LogP contribution in [0.5, 0.6) is 5.75 Å². The molecular formula is C22H22Cl2N4O2S. The van der Waals surface area contributed by atoms with Gasteiger partial charge in [-0.15, -0.1) is 0 Å². The van der Waals surface area contributed by atoms with Crippen LogP contribution in [-0.2, 0) is 6.42 Å². The standard InChI is InChI=1S/C22H22Cl2N4O2S/c1-30-19-5-2-4-15(10-19)11-20-25-22(31-26-20)28-7-3-6-27(8-9-28)21(29)16-12-17(23)14-18(24)13-16/h2,4-5,10,12-14H,3,6-9,11H2,1H3. The van der Waals surface area contributed by atoms with Crippen molar-refractivity contribution < 1.29 is 9.53 Å². The highest BCUT2D eigenvalue weighted by atomic mass is 35.5. The quantitative estimate of drug-likeness (QED) is 0.529. The van der Waals surface area contributed by atoms with Crippen molar-refractivity contribution in [3.63, 3.8) is 0 Å². The second-order valence-corrected chi connectivity index (χ2v) is 8.92. The predicted octanol–water partition coefficient (Wildman–Crippen LogP) is 4.80. The van der Waals surface area contributed by atoms with Gasteiger partial charge in [0.1, 0.15) is 11.6 Å². The van der Waals surface area contributed by atoms with Crippen molar-refractivity contribution >= 4 is 45.8 Å². The van der Waals surface area contributed by atoms with Crippen molar-refractivity contribution in [3.8, 4) is 5.75 Å². The van der Waals surface area contributed by atoms with E-state index < -0.39 is 0 Å². The van der Waals surface area contributed by atoms with Crippen LogP contribution in [0.4, 0.5) is 5.13 Å². The zero-order chi connectivity index (χ0) is 21.8. The van der Waals surface area contributed by atoms with Crippen LogP contribution in [0, 0.1) is 0 Å². The van der Waals surface area contributed by atoms with Crippen LogP contribution < -0.4 is 9.64 Å². The Morgan fingerprint density at radius 1 is 1.10 bits per heavy atom. The molecule has 0 atom stereocenters. The molecule has 1 aliphatic heterocycles. The van der Waals surface area contributed by atoms with E-state index in [2.05, 4.69) is 9.27 Å². The van der Waals surface area contributed by atoms with Crippen molar-refractivity contribution in [1.29, 1.82) is 0 Å². The van der Waals surface area contributed by atoms with E-state index in [9.17, 15) is 4.79 Å². The van der Waals surface area contributed by atoms with Gasteiger partial charge in [-0.2, -0.15) is 4.37 Å². The fourth-order valence-corrected chi connectivity index (χ4v) is 4.84. The van der Waals surface area contributed by atoms with E-state index in [1.165, 1.54) is 11.5 Å². The van der Waals surface area contributed by atoms with Crippen molar-refractivity contribution in [1.82, 2.24) is 14.3 Å². The minimum absolute atomic E-state index is 0.0535. The lowest BCUT2D eigenvalue weighted by atomic mass is 10.1. The lowest BCUT2D eigenvalue weighted by Gasteiger charge is -2.21. The van der Waals surface area contributed by atoms with Crippen molar-refractivity contribution in [2.45, 2.75) is 12.8 Å². The lowest BCUT2D eigenvalue weighted by molar-refractivity contribution is 0.0767. The van der Waals surface area contributed by atoms with Crippen LogP contribution in [0.25, 0.3) is 0 Å². The Hall–Kier alpha value is -2.35. The Morgan fingerprint density at radius 2 is 1.90 bits per heavy atom. The molecule has 2 heterocycles. The first-order valence-corrected chi connectivity index (χ1v) is 11.5. The van der Waals surface area contributed by atoms with Gasteiger partial charge in [0.2, 0.25) is 5.13 Å². The number of rotatable bonds is 5. The van der Waals surface area contributed by atoms with Gasteiger partial charge < -0.3 is 14.5 Å². The largest absolute Gasteiger partial charge is 0.497 e. The third kappa shape index (κ3) is 5.47. The van der Waals surface area contributed by atoms with Crippen LogP contribution in [0.15, 0.2) is 42.5 Å². The maximum atomic E-state index is 12.9. The topological polar surface area (TPSA) is 58.6 Å². The Morgan fingerprint density at radius 3 is 2.68 bits per heavy atom. The number of halogens is 2. The zero-order valence-corrected chi connectivity index (χ0v) is 19.4. The molecule has 0 spiro atoms. The van der Waals surface area contributed by atoms with Gasteiger partial charge in [-0.25, -0.2) is 4.98 Å². The molecule has 0 aliphatic carbocycles. The van der Waals surface area contributed by atoms with Crippen molar-refractivity contribution in [3.05, 3.63) is 69.5 Å². The normalized spacial score (nSPS) is 14.4. The van der Waals surface area contributed by atoms with Crippen LogP contribution >= 0.6 is 34.7 Å². The van der Waals surface area contributed by atoms with Gasteiger partial charge in [-0.3, -0.25) is 4.79 Å². The van der Waals surface area contributed by atoms with Crippen LogP contribution in [-0.4, -0.2) is 53.5 Å². The second-order valence-electron chi connectivity index (χ2n) is 7.31. The smallest absolute Gasteiger partial charge is 0.254 e. The molecule has 0 radical (unpaired) electrons. The number of methoxy groups -OCH3 is 1. The fourth-order valence-electron chi connectivity index (χ4n) is 3.58. The van der Waals surface area contributed by atoms with Gasteiger partial charge in [0.25, 0.3) is 5.91 Å². The molecule has 9 heteroatoms. The Kier molecular flexibility index (Phi) is 6.95. The average Bonchev–Trinajstić information content (AvgIpc) is 3.07. The molecular weight excluding hydrogens is 455 g/mol. The molecule has 162 valence electrons. The van der Waals surface area contributed by atoms with Crippen molar-refractivity contribution in [2.75, 3.05) is 38.2 Å². The molecule has 4 rings (SSSR count). The van der Waals surface area contributed by atoms with E-state index in [1.807, 2.05) is 29.2 Å². The average molecular weight is 477 g/mol. The molecule has 1 fully saturated rings. The molecule has 0 saturated carbocycles. The van der Waals surface area contributed by atoms with Gasteiger partial charge in [0.15, 0.2) is 0 Å². The van der Waals surface area contributed by atoms with Crippen LogP contribution in [0.2, 0.25) is 10.0 Å². The Bertz CT molecular complexity index is 1050. The summed E-state index contributed by atoms with van der Waals surface area (Å²) in [5.41, 5.74) is 1.62. The summed E-state index contributed by atoms with van der Waals surface area (Å²) in [5, 5.41) is 1.81. The first-order valence-electron chi connectivity index (χ1n) is 9.97. The SMILES string of the molecule is COc1cccc(Cc2nsc(N3CCCN(C(=O)c4cc(Cl)cc(Cl)c4)CC3)n2)c1. The highest BCUT2D eigenvalue weighted by Crippen LogP contribution is 2.24. The van der Waals surface area contributed by atoms with Gasteiger partial charge in [-0.05, 0) is 42.3 Å². The molecule has 0 bridgehead atoms. The molecule has 1 amide bonds. The number of anilines is 1. The van der Waals surface area contributed by atoms with Gasteiger partial charge in [0, 0.05) is 59.7 Å². The molecule has 31 heavy (non-hydrogen) atoms. The number of amides is 1. The number of ether oxygens (including phenoxy) is 1. The summed E-state index contributed by atoms with van der Waals surface area (Å²) in [6.45, 7) is 2.81. The van der Waals surface area contributed by atoms with Gasteiger partial charge in [-0.1, -0.05) is 35.3 Å². The molecule has 1 aliphatic rings. The molecule has 0 N–H and O–H groups in total. The summed E-state index contributed by atoms with van der Waals surface area (Å²) in [7, 11) is 1.66. The van der Waals surface area contributed by atoms with E-state index in [4.69, 9.17) is 32.9 Å². The summed E-state index contributed by atoms with van der Waals surface area (Å²) in [4.78, 5) is 21.7. The van der Waals surface area contributed by atoms with Crippen LogP contribution in [0.1, 0.15) is 28.2 Å². The maximum Gasteiger partial charge on any atom is 0.254 e. The molecule has 1 aromatic heterocycles. The fraction of sp³-hybridized carbons (Fsp3) is 0.318. The molecule has 3 aromatic rings.